The van der Waals surface area contributed by atoms with Crippen LogP contribution in [0.1, 0.15) is 53.5 Å². The first kappa shape index (κ1) is 24.9. The standard InChI is InChI=1S/C30H30ClN3O3/c1-19(2)15-16-37-24-14-11-22(17-25(24)36-3)29-26-27(21-9-12-23(31)13-10-21)32-33-28(26)30(35)34(29)18-20-7-5-4-6-8-20/h4-14,17,19,29H,15-16,18H2,1-3H3,(H,32,33). The molecule has 1 unspecified atom stereocenters. The lowest BCUT2D eigenvalue weighted by molar-refractivity contribution is 0.0730. The number of rotatable bonds is 9. The van der Waals surface area contributed by atoms with Gasteiger partial charge in [0.1, 0.15) is 5.69 Å². The van der Waals surface area contributed by atoms with Crippen molar-refractivity contribution >= 4 is 17.5 Å². The molecular formula is C30H30ClN3O3. The average molecular weight is 516 g/mol. The van der Waals surface area contributed by atoms with Crippen molar-refractivity contribution in [3.63, 3.8) is 0 Å². The maximum atomic E-state index is 13.7. The Morgan fingerprint density at radius 1 is 1.03 bits per heavy atom. The number of hydrogen-bond acceptors (Lipinski definition) is 4. The summed E-state index contributed by atoms with van der Waals surface area (Å²) in [6.45, 7) is 5.41. The van der Waals surface area contributed by atoms with E-state index in [0.717, 1.165) is 34.4 Å². The number of methoxy groups -OCH3 is 1. The average Bonchev–Trinajstić information content (AvgIpc) is 3.44. The van der Waals surface area contributed by atoms with Crippen LogP contribution in [0.15, 0.2) is 72.8 Å². The van der Waals surface area contributed by atoms with Crippen LogP contribution >= 0.6 is 11.6 Å². The van der Waals surface area contributed by atoms with E-state index in [4.69, 9.17) is 21.1 Å². The van der Waals surface area contributed by atoms with Crippen LogP contribution in [-0.4, -0.2) is 34.7 Å². The Kier molecular flexibility index (Phi) is 7.19. The smallest absolute Gasteiger partial charge is 0.273 e. The summed E-state index contributed by atoms with van der Waals surface area (Å²) >= 11 is 6.14. The van der Waals surface area contributed by atoms with E-state index in [2.05, 4.69) is 24.0 Å². The van der Waals surface area contributed by atoms with Gasteiger partial charge in [-0.15, -0.1) is 0 Å². The molecule has 0 radical (unpaired) electrons. The summed E-state index contributed by atoms with van der Waals surface area (Å²) in [7, 11) is 1.64. The van der Waals surface area contributed by atoms with E-state index in [1.54, 1.807) is 7.11 Å². The summed E-state index contributed by atoms with van der Waals surface area (Å²) < 4.78 is 11.7. The fourth-order valence-electron chi connectivity index (χ4n) is 4.69. The van der Waals surface area contributed by atoms with Crippen molar-refractivity contribution in [1.29, 1.82) is 0 Å². The maximum absolute atomic E-state index is 13.7. The molecule has 190 valence electrons. The number of halogens is 1. The fourth-order valence-corrected chi connectivity index (χ4v) is 4.82. The molecule has 0 aliphatic carbocycles. The molecule has 7 heteroatoms. The third kappa shape index (κ3) is 5.07. The Balaban J connectivity index is 1.58. The van der Waals surface area contributed by atoms with E-state index in [1.807, 2.05) is 77.7 Å². The van der Waals surface area contributed by atoms with E-state index in [9.17, 15) is 4.79 Å². The third-order valence-corrected chi connectivity index (χ3v) is 6.89. The Bertz CT molecular complexity index is 1380. The molecule has 1 aromatic heterocycles. The van der Waals surface area contributed by atoms with Crippen LogP contribution in [0, 0.1) is 5.92 Å². The van der Waals surface area contributed by atoms with Gasteiger partial charge in [-0.3, -0.25) is 9.89 Å². The molecule has 2 heterocycles. The first-order valence-electron chi connectivity index (χ1n) is 12.5. The molecule has 6 nitrogen and oxygen atoms in total. The van der Waals surface area contributed by atoms with Crippen LogP contribution in [0.25, 0.3) is 11.3 Å². The van der Waals surface area contributed by atoms with Gasteiger partial charge in [0.2, 0.25) is 0 Å². The van der Waals surface area contributed by atoms with Gasteiger partial charge in [0.15, 0.2) is 11.5 Å². The van der Waals surface area contributed by atoms with Crippen molar-refractivity contribution in [1.82, 2.24) is 15.1 Å². The minimum Gasteiger partial charge on any atom is -0.493 e. The van der Waals surface area contributed by atoms with Gasteiger partial charge in [0.25, 0.3) is 5.91 Å². The molecule has 0 saturated heterocycles. The van der Waals surface area contributed by atoms with Crippen LogP contribution in [0.5, 0.6) is 11.5 Å². The van der Waals surface area contributed by atoms with E-state index < -0.39 is 0 Å². The topological polar surface area (TPSA) is 67.5 Å². The molecule has 0 bridgehead atoms. The molecule has 1 aliphatic heterocycles. The number of carbonyl (C=O) groups is 1. The Morgan fingerprint density at radius 2 is 1.78 bits per heavy atom. The largest absolute Gasteiger partial charge is 0.493 e. The van der Waals surface area contributed by atoms with Gasteiger partial charge in [0, 0.05) is 22.7 Å². The molecule has 1 amide bonds. The van der Waals surface area contributed by atoms with Gasteiger partial charge in [-0.05, 0) is 47.7 Å². The predicted octanol–water partition coefficient (Wildman–Crippen LogP) is 6.91. The Labute approximate surface area is 222 Å². The molecule has 37 heavy (non-hydrogen) atoms. The Hall–Kier alpha value is -3.77. The number of nitrogens with zero attached hydrogens (tertiary/aromatic N) is 2. The lowest BCUT2D eigenvalue weighted by atomic mass is 9.95. The zero-order chi connectivity index (χ0) is 25.9. The van der Waals surface area contributed by atoms with Gasteiger partial charge in [-0.25, -0.2) is 0 Å². The minimum atomic E-state index is -0.356. The molecular weight excluding hydrogens is 486 g/mol. The summed E-state index contributed by atoms with van der Waals surface area (Å²) in [6.07, 6.45) is 0.954. The molecule has 4 aromatic rings. The lowest BCUT2D eigenvalue weighted by Gasteiger charge is -2.27. The molecule has 0 spiro atoms. The highest BCUT2D eigenvalue weighted by molar-refractivity contribution is 6.30. The number of benzene rings is 3. The van der Waals surface area contributed by atoms with Gasteiger partial charge >= 0.3 is 0 Å². The second kappa shape index (κ2) is 10.7. The zero-order valence-electron chi connectivity index (χ0n) is 21.2. The quantitative estimate of drug-likeness (QED) is 0.263. The lowest BCUT2D eigenvalue weighted by Crippen LogP contribution is -2.29. The number of carbonyl (C=O) groups excluding carboxylic acids is 1. The van der Waals surface area contributed by atoms with Crippen LogP contribution < -0.4 is 9.47 Å². The summed E-state index contributed by atoms with van der Waals surface area (Å²) in [5.74, 6) is 1.79. The second-order valence-corrected chi connectivity index (χ2v) is 10.1. The van der Waals surface area contributed by atoms with Gasteiger partial charge < -0.3 is 14.4 Å². The van der Waals surface area contributed by atoms with E-state index in [0.29, 0.717) is 41.3 Å². The Morgan fingerprint density at radius 3 is 2.49 bits per heavy atom. The van der Waals surface area contributed by atoms with Crippen molar-refractivity contribution in [3.05, 3.63) is 100 Å². The van der Waals surface area contributed by atoms with Crippen LogP contribution in [0.4, 0.5) is 0 Å². The fraction of sp³-hybridized carbons (Fsp3) is 0.267. The SMILES string of the molecule is COc1cc(C2c3c(-c4ccc(Cl)cc4)n[nH]c3C(=O)N2Cc2ccccc2)ccc1OCCC(C)C. The highest BCUT2D eigenvalue weighted by Gasteiger charge is 2.42. The zero-order valence-corrected chi connectivity index (χ0v) is 22.0. The first-order valence-corrected chi connectivity index (χ1v) is 12.8. The molecule has 1 N–H and O–H groups in total. The van der Waals surface area contributed by atoms with Gasteiger partial charge in [0.05, 0.1) is 25.5 Å². The number of H-pyrrole nitrogens is 1. The van der Waals surface area contributed by atoms with Crippen molar-refractivity contribution in [3.8, 4) is 22.8 Å². The highest BCUT2D eigenvalue weighted by Crippen LogP contribution is 2.45. The molecule has 0 fully saturated rings. The molecule has 1 atom stereocenters. The maximum Gasteiger partial charge on any atom is 0.273 e. The van der Waals surface area contributed by atoms with Crippen LogP contribution in [-0.2, 0) is 6.54 Å². The van der Waals surface area contributed by atoms with Crippen LogP contribution in [0.3, 0.4) is 0 Å². The minimum absolute atomic E-state index is 0.0900. The van der Waals surface area contributed by atoms with E-state index >= 15 is 0 Å². The molecule has 5 rings (SSSR count). The summed E-state index contributed by atoms with van der Waals surface area (Å²) in [5.41, 5.74) is 4.94. The number of amides is 1. The number of ether oxygens (including phenoxy) is 2. The van der Waals surface area contributed by atoms with Gasteiger partial charge in [-0.2, -0.15) is 5.10 Å². The summed E-state index contributed by atoms with van der Waals surface area (Å²) in [6, 6.07) is 23.1. The van der Waals surface area contributed by atoms with Crippen molar-refractivity contribution in [2.45, 2.75) is 32.9 Å². The van der Waals surface area contributed by atoms with Crippen molar-refractivity contribution in [2.75, 3.05) is 13.7 Å². The highest BCUT2D eigenvalue weighted by atomic mass is 35.5. The van der Waals surface area contributed by atoms with Crippen LogP contribution in [0.2, 0.25) is 5.02 Å². The third-order valence-electron chi connectivity index (χ3n) is 6.63. The molecule has 1 aliphatic rings. The van der Waals surface area contributed by atoms with Gasteiger partial charge in [-0.1, -0.05) is 74.0 Å². The van der Waals surface area contributed by atoms with Crippen molar-refractivity contribution < 1.29 is 14.3 Å². The monoisotopic (exact) mass is 515 g/mol. The van der Waals surface area contributed by atoms with E-state index in [1.165, 1.54) is 0 Å². The number of aromatic amines is 1. The first-order chi connectivity index (χ1) is 18.0. The summed E-state index contributed by atoms with van der Waals surface area (Å²) in [5, 5.41) is 8.21. The number of aromatic nitrogens is 2. The normalized spacial score (nSPS) is 14.8. The van der Waals surface area contributed by atoms with E-state index in [-0.39, 0.29) is 11.9 Å². The second-order valence-electron chi connectivity index (χ2n) is 9.63. The number of hydrogen-bond donors (Lipinski definition) is 1. The molecule has 0 saturated carbocycles. The number of fused-ring (bicyclic) bond motifs is 1. The number of nitrogens with one attached hydrogen (secondary N) is 1. The molecule has 3 aromatic carbocycles. The summed E-state index contributed by atoms with van der Waals surface area (Å²) in [4.78, 5) is 15.6. The van der Waals surface area contributed by atoms with Crippen molar-refractivity contribution in [2.24, 2.45) is 5.92 Å². The predicted molar refractivity (Wildman–Crippen MR) is 145 cm³/mol.